The number of ether oxygens (including phenoxy) is 1. The summed E-state index contributed by atoms with van der Waals surface area (Å²) >= 11 is 0. The van der Waals surface area contributed by atoms with E-state index in [9.17, 15) is 19.5 Å². The molecule has 2 aromatic carbocycles. The van der Waals surface area contributed by atoms with Gasteiger partial charge in [0, 0.05) is 13.3 Å². The first-order valence-corrected chi connectivity index (χ1v) is 7.52. The quantitative estimate of drug-likeness (QED) is 0.481. The third-order valence-corrected chi connectivity index (χ3v) is 3.51. The fraction of sp³-hybridized carbons (Fsp3) is 0.211. The number of benzene rings is 2. The van der Waals surface area contributed by atoms with Gasteiger partial charge in [0.2, 0.25) is 0 Å². The van der Waals surface area contributed by atoms with Gasteiger partial charge in [-0.05, 0) is 29.7 Å². The third kappa shape index (κ3) is 5.05. The minimum atomic E-state index is -1.14. The highest BCUT2D eigenvalue weighted by Crippen LogP contribution is 2.17. The molecule has 0 radical (unpaired) electrons. The molecule has 0 saturated heterocycles. The Morgan fingerprint density at radius 1 is 1.00 bits per heavy atom. The number of carbonyl (C=O) groups excluding carboxylic acids is 2. The average molecular weight is 326 g/mol. The Labute approximate surface area is 139 Å². The van der Waals surface area contributed by atoms with Crippen LogP contribution in [0.2, 0.25) is 0 Å². The Bertz CT molecular complexity index is 736. The van der Waals surface area contributed by atoms with E-state index in [0.29, 0.717) is 11.3 Å². The molecule has 0 amide bonds. The summed E-state index contributed by atoms with van der Waals surface area (Å²) in [7, 11) is 0. The topological polar surface area (TPSA) is 80.7 Å². The summed E-state index contributed by atoms with van der Waals surface area (Å²) in [4.78, 5) is 34.8. The van der Waals surface area contributed by atoms with E-state index in [-0.39, 0.29) is 18.6 Å². The van der Waals surface area contributed by atoms with Crippen LogP contribution in [-0.2, 0) is 27.2 Å². The van der Waals surface area contributed by atoms with Gasteiger partial charge in [-0.25, -0.2) is 0 Å². The number of aliphatic carboxylic acids is 1. The van der Waals surface area contributed by atoms with Gasteiger partial charge in [-0.3, -0.25) is 14.4 Å². The minimum Gasteiger partial charge on any atom is -0.481 e. The van der Waals surface area contributed by atoms with Gasteiger partial charge in [0.1, 0.15) is 11.7 Å². The lowest BCUT2D eigenvalue weighted by Crippen LogP contribution is -2.27. The van der Waals surface area contributed by atoms with Gasteiger partial charge in [0.25, 0.3) is 0 Å². The summed E-state index contributed by atoms with van der Waals surface area (Å²) in [5.74, 6) is -2.75. The Morgan fingerprint density at radius 3 is 2.29 bits per heavy atom. The molecule has 5 heteroatoms. The van der Waals surface area contributed by atoms with Crippen LogP contribution in [0.3, 0.4) is 0 Å². The molecule has 5 nitrogen and oxygen atoms in total. The predicted octanol–water partition coefficient (Wildman–Crippen LogP) is 2.67. The van der Waals surface area contributed by atoms with Crippen molar-refractivity contribution in [3.05, 3.63) is 65.7 Å². The molecule has 1 unspecified atom stereocenters. The smallest absolute Gasteiger partial charge is 0.314 e. The maximum Gasteiger partial charge on any atom is 0.314 e. The van der Waals surface area contributed by atoms with Crippen LogP contribution in [-0.4, -0.2) is 22.8 Å². The number of ketones is 1. The maximum absolute atomic E-state index is 12.4. The van der Waals surface area contributed by atoms with Crippen LogP contribution >= 0.6 is 0 Å². The highest BCUT2D eigenvalue weighted by molar-refractivity contribution is 5.99. The third-order valence-electron chi connectivity index (χ3n) is 3.51. The summed E-state index contributed by atoms with van der Waals surface area (Å²) in [6.45, 7) is 1.29. The molecule has 0 aromatic heterocycles. The largest absolute Gasteiger partial charge is 0.481 e. The van der Waals surface area contributed by atoms with Crippen molar-refractivity contribution in [1.29, 1.82) is 0 Å². The molecule has 0 bridgehead atoms. The molecule has 0 saturated carbocycles. The van der Waals surface area contributed by atoms with E-state index in [1.54, 1.807) is 48.5 Å². The number of carbonyl (C=O) groups is 3. The zero-order chi connectivity index (χ0) is 17.5. The lowest BCUT2D eigenvalue weighted by atomic mass is 9.91. The van der Waals surface area contributed by atoms with E-state index in [0.717, 1.165) is 5.56 Å². The fourth-order valence-electron chi connectivity index (χ4n) is 2.40. The van der Waals surface area contributed by atoms with Crippen LogP contribution in [0.4, 0.5) is 0 Å². The number of hydrogen-bond donors (Lipinski definition) is 1. The summed E-state index contributed by atoms with van der Waals surface area (Å²) in [6.07, 6.45) is 0.123. The van der Waals surface area contributed by atoms with E-state index >= 15 is 0 Å². The number of Topliss-reactive ketones (excluding diaryl/α,β-unsaturated/α-hetero) is 1. The van der Waals surface area contributed by atoms with Crippen molar-refractivity contribution in [1.82, 2.24) is 0 Å². The second-order valence-corrected chi connectivity index (χ2v) is 5.46. The number of rotatable bonds is 7. The summed E-state index contributed by atoms with van der Waals surface area (Å²) in [5.41, 5.74) is 1.41. The highest BCUT2D eigenvalue weighted by Gasteiger charge is 2.26. The van der Waals surface area contributed by atoms with Crippen LogP contribution in [0.5, 0.6) is 5.75 Å². The molecule has 2 rings (SSSR count). The molecule has 0 spiro atoms. The van der Waals surface area contributed by atoms with Gasteiger partial charge >= 0.3 is 11.9 Å². The number of hydrogen-bond acceptors (Lipinski definition) is 4. The van der Waals surface area contributed by atoms with E-state index in [2.05, 4.69) is 0 Å². The van der Waals surface area contributed by atoms with Gasteiger partial charge in [0.05, 0.1) is 0 Å². The predicted molar refractivity (Wildman–Crippen MR) is 87.7 cm³/mol. The fourth-order valence-corrected chi connectivity index (χ4v) is 2.40. The second-order valence-electron chi connectivity index (χ2n) is 5.46. The van der Waals surface area contributed by atoms with Gasteiger partial charge < -0.3 is 9.84 Å². The molecular weight excluding hydrogens is 308 g/mol. The Kier molecular flexibility index (Phi) is 5.84. The van der Waals surface area contributed by atoms with Crippen molar-refractivity contribution in [2.24, 2.45) is 5.92 Å². The Morgan fingerprint density at radius 2 is 1.67 bits per heavy atom. The van der Waals surface area contributed by atoms with Crippen molar-refractivity contribution < 1.29 is 24.2 Å². The van der Waals surface area contributed by atoms with Crippen LogP contribution in [0.1, 0.15) is 18.1 Å². The van der Waals surface area contributed by atoms with Crippen molar-refractivity contribution in [2.45, 2.75) is 19.8 Å². The molecule has 0 heterocycles. The van der Waals surface area contributed by atoms with E-state index in [4.69, 9.17) is 4.74 Å². The van der Waals surface area contributed by atoms with Gasteiger partial charge in [-0.2, -0.15) is 0 Å². The van der Waals surface area contributed by atoms with Crippen LogP contribution in [0.15, 0.2) is 54.6 Å². The molecule has 0 fully saturated rings. The standard InChI is InChI=1S/C19H18O5/c1-13(20)24-16-9-5-8-15(10-16)12-18(21)17(19(22)23)11-14-6-3-2-4-7-14/h2-10,17H,11-12H2,1H3,(H,22,23). The van der Waals surface area contributed by atoms with Crippen molar-refractivity contribution in [3.63, 3.8) is 0 Å². The van der Waals surface area contributed by atoms with Crippen LogP contribution in [0, 0.1) is 5.92 Å². The van der Waals surface area contributed by atoms with Crippen molar-refractivity contribution in [3.8, 4) is 5.75 Å². The zero-order valence-electron chi connectivity index (χ0n) is 13.3. The Hall–Kier alpha value is -2.95. The summed E-state index contributed by atoms with van der Waals surface area (Å²) in [6, 6.07) is 15.6. The first-order chi connectivity index (χ1) is 11.5. The van der Waals surface area contributed by atoms with Crippen LogP contribution < -0.4 is 4.74 Å². The zero-order valence-corrected chi connectivity index (χ0v) is 13.3. The summed E-state index contributed by atoms with van der Waals surface area (Å²) < 4.78 is 4.97. The molecule has 0 aliphatic carbocycles. The van der Waals surface area contributed by atoms with E-state index in [1.165, 1.54) is 6.92 Å². The van der Waals surface area contributed by atoms with E-state index in [1.807, 2.05) is 6.07 Å². The molecule has 2 aromatic rings. The average Bonchev–Trinajstić information content (AvgIpc) is 2.53. The lowest BCUT2D eigenvalue weighted by Gasteiger charge is -2.12. The lowest BCUT2D eigenvalue weighted by molar-refractivity contribution is -0.146. The molecule has 0 aliphatic heterocycles. The molecule has 1 N–H and O–H groups in total. The molecule has 0 aliphatic rings. The van der Waals surface area contributed by atoms with E-state index < -0.39 is 17.9 Å². The SMILES string of the molecule is CC(=O)Oc1cccc(CC(=O)C(Cc2ccccc2)C(=O)O)c1. The summed E-state index contributed by atoms with van der Waals surface area (Å²) in [5, 5.41) is 9.37. The molecule has 24 heavy (non-hydrogen) atoms. The van der Waals surface area contributed by atoms with Crippen molar-refractivity contribution >= 4 is 17.7 Å². The Balaban J connectivity index is 2.10. The first-order valence-electron chi connectivity index (χ1n) is 7.52. The van der Waals surface area contributed by atoms with Crippen molar-refractivity contribution in [2.75, 3.05) is 0 Å². The van der Waals surface area contributed by atoms with Gasteiger partial charge in [-0.15, -0.1) is 0 Å². The van der Waals surface area contributed by atoms with Gasteiger partial charge in [0.15, 0.2) is 5.78 Å². The maximum atomic E-state index is 12.4. The minimum absolute atomic E-state index is 0.0289. The second kappa shape index (κ2) is 8.06. The monoisotopic (exact) mass is 326 g/mol. The normalized spacial score (nSPS) is 11.5. The molecular formula is C19H18O5. The first kappa shape index (κ1) is 17.4. The number of esters is 1. The van der Waals surface area contributed by atoms with Gasteiger partial charge in [-0.1, -0.05) is 42.5 Å². The van der Waals surface area contributed by atoms with Crippen LogP contribution in [0.25, 0.3) is 0 Å². The molecule has 1 atom stereocenters. The molecule has 124 valence electrons. The highest BCUT2D eigenvalue weighted by atomic mass is 16.5. The number of carboxylic acids is 1. The number of carboxylic acid groups (broad SMARTS) is 1.